The molecule has 82 valence electrons. The van der Waals surface area contributed by atoms with Crippen LogP contribution in [0.5, 0.6) is 5.75 Å². The lowest BCUT2D eigenvalue weighted by atomic mass is 9.90. The third kappa shape index (κ3) is 2.39. The highest BCUT2D eigenvalue weighted by molar-refractivity contribution is 6.42. The molecule has 2 N–H and O–H groups in total. The maximum Gasteiger partial charge on any atom is 0.120 e. The highest BCUT2D eigenvalue weighted by atomic mass is 35.5. The predicted octanol–water partition coefficient (Wildman–Crippen LogP) is 3.17. The molecule has 1 saturated heterocycles. The highest BCUT2D eigenvalue weighted by Crippen LogP contribution is 2.37. The summed E-state index contributed by atoms with van der Waals surface area (Å²) >= 11 is 11.8. The molecule has 1 aromatic carbocycles. The topological polar surface area (TPSA) is 32.3 Å². The van der Waals surface area contributed by atoms with Crippen molar-refractivity contribution in [2.24, 2.45) is 0 Å². The van der Waals surface area contributed by atoms with Gasteiger partial charge in [-0.1, -0.05) is 23.2 Å². The Kier molecular flexibility index (Phi) is 3.39. The van der Waals surface area contributed by atoms with Gasteiger partial charge in [0.1, 0.15) is 5.75 Å². The average Bonchev–Trinajstić information content (AvgIpc) is 2.25. The van der Waals surface area contributed by atoms with Crippen LogP contribution >= 0.6 is 23.2 Å². The van der Waals surface area contributed by atoms with Crippen molar-refractivity contribution in [3.63, 3.8) is 0 Å². The first-order valence-corrected chi connectivity index (χ1v) is 5.82. The Bertz CT molecular complexity index is 362. The third-order valence-corrected chi connectivity index (χ3v) is 3.57. The minimum absolute atomic E-state index is 0.260. The summed E-state index contributed by atoms with van der Waals surface area (Å²) in [5, 5.41) is 14.0. The van der Waals surface area contributed by atoms with Gasteiger partial charge in [-0.15, -0.1) is 0 Å². The van der Waals surface area contributed by atoms with Gasteiger partial charge >= 0.3 is 0 Å². The second-order valence-corrected chi connectivity index (χ2v) is 4.66. The average molecular weight is 246 g/mol. The summed E-state index contributed by atoms with van der Waals surface area (Å²) in [7, 11) is 0. The van der Waals surface area contributed by atoms with Crippen LogP contribution in [0.4, 0.5) is 0 Å². The first-order chi connectivity index (χ1) is 7.18. The molecule has 0 atom stereocenters. The molecule has 0 amide bonds. The molecule has 2 nitrogen and oxygen atoms in total. The zero-order valence-electron chi connectivity index (χ0n) is 8.26. The Morgan fingerprint density at radius 1 is 1.13 bits per heavy atom. The Labute approximate surface area is 99.2 Å². The summed E-state index contributed by atoms with van der Waals surface area (Å²) < 4.78 is 0. The van der Waals surface area contributed by atoms with Crippen molar-refractivity contribution >= 4 is 23.2 Å². The van der Waals surface area contributed by atoms with Crippen LogP contribution in [0.15, 0.2) is 12.1 Å². The van der Waals surface area contributed by atoms with E-state index in [4.69, 9.17) is 23.2 Å². The van der Waals surface area contributed by atoms with Gasteiger partial charge in [-0.2, -0.15) is 0 Å². The molecule has 0 bridgehead atoms. The van der Waals surface area contributed by atoms with Gasteiger partial charge in [-0.3, -0.25) is 0 Å². The molecule has 1 aromatic rings. The Balaban J connectivity index is 2.30. The number of phenolic OH excluding ortho intramolecular Hbond substituents is 1. The first kappa shape index (κ1) is 11.1. The standard InChI is InChI=1S/C11H13Cl2NO/c12-9-5-8(11(15)6-10(9)13)7-1-3-14-4-2-7/h5-7,14-15H,1-4H2. The fourth-order valence-electron chi connectivity index (χ4n) is 2.01. The van der Waals surface area contributed by atoms with Crippen molar-refractivity contribution in [2.75, 3.05) is 13.1 Å². The monoisotopic (exact) mass is 245 g/mol. The van der Waals surface area contributed by atoms with E-state index in [1.807, 2.05) is 0 Å². The van der Waals surface area contributed by atoms with Crippen molar-refractivity contribution in [2.45, 2.75) is 18.8 Å². The zero-order chi connectivity index (χ0) is 10.8. The van der Waals surface area contributed by atoms with Crippen molar-refractivity contribution in [1.82, 2.24) is 5.32 Å². The molecule has 0 saturated carbocycles. The summed E-state index contributed by atoms with van der Waals surface area (Å²) in [6.45, 7) is 1.98. The summed E-state index contributed by atoms with van der Waals surface area (Å²) in [6.07, 6.45) is 2.07. The summed E-state index contributed by atoms with van der Waals surface area (Å²) in [5.74, 6) is 0.650. The molecular formula is C11H13Cl2NO. The lowest BCUT2D eigenvalue weighted by Crippen LogP contribution is -2.26. The van der Waals surface area contributed by atoms with Crippen LogP contribution in [-0.2, 0) is 0 Å². The van der Waals surface area contributed by atoms with Crippen LogP contribution in [-0.4, -0.2) is 18.2 Å². The van der Waals surface area contributed by atoms with Gasteiger partial charge in [0.05, 0.1) is 10.0 Å². The molecule has 1 fully saturated rings. The van der Waals surface area contributed by atoms with E-state index in [2.05, 4.69) is 5.32 Å². The van der Waals surface area contributed by atoms with E-state index in [1.165, 1.54) is 6.07 Å². The van der Waals surface area contributed by atoms with Gasteiger partial charge in [-0.25, -0.2) is 0 Å². The molecule has 15 heavy (non-hydrogen) atoms. The molecule has 0 unspecified atom stereocenters. The van der Waals surface area contributed by atoms with Gasteiger partial charge in [0, 0.05) is 6.07 Å². The van der Waals surface area contributed by atoms with Crippen molar-refractivity contribution in [3.05, 3.63) is 27.7 Å². The minimum atomic E-state index is 0.260. The van der Waals surface area contributed by atoms with E-state index < -0.39 is 0 Å². The molecule has 0 spiro atoms. The molecule has 1 aliphatic rings. The smallest absolute Gasteiger partial charge is 0.120 e. The number of nitrogens with one attached hydrogen (secondary N) is 1. The lowest BCUT2D eigenvalue weighted by molar-refractivity contribution is 0.424. The van der Waals surface area contributed by atoms with Crippen LogP contribution in [0, 0.1) is 0 Å². The molecular weight excluding hydrogens is 233 g/mol. The third-order valence-electron chi connectivity index (χ3n) is 2.85. The number of halogens is 2. The molecule has 0 aromatic heterocycles. The molecule has 1 aliphatic heterocycles. The molecule has 0 radical (unpaired) electrons. The van der Waals surface area contributed by atoms with Crippen LogP contribution in [0.25, 0.3) is 0 Å². The van der Waals surface area contributed by atoms with E-state index in [1.54, 1.807) is 6.07 Å². The van der Waals surface area contributed by atoms with E-state index in [0.717, 1.165) is 31.5 Å². The van der Waals surface area contributed by atoms with E-state index in [0.29, 0.717) is 16.0 Å². The van der Waals surface area contributed by atoms with Crippen molar-refractivity contribution in [3.8, 4) is 5.75 Å². The molecule has 0 aliphatic carbocycles. The number of rotatable bonds is 1. The maximum absolute atomic E-state index is 9.80. The first-order valence-electron chi connectivity index (χ1n) is 5.07. The molecule has 2 rings (SSSR count). The maximum atomic E-state index is 9.80. The quantitative estimate of drug-likeness (QED) is 0.797. The zero-order valence-corrected chi connectivity index (χ0v) is 9.78. The highest BCUT2D eigenvalue weighted by Gasteiger charge is 2.19. The number of benzene rings is 1. The number of hydrogen-bond acceptors (Lipinski definition) is 2. The number of aromatic hydroxyl groups is 1. The Morgan fingerprint density at radius 2 is 1.73 bits per heavy atom. The molecule has 4 heteroatoms. The second-order valence-electron chi connectivity index (χ2n) is 3.85. The minimum Gasteiger partial charge on any atom is -0.508 e. The summed E-state index contributed by atoms with van der Waals surface area (Å²) in [6, 6.07) is 3.32. The summed E-state index contributed by atoms with van der Waals surface area (Å²) in [5.41, 5.74) is 0.922. The van der Waals surface area contributed by atoms with Gasteiger partial charge in [0.15, 0.2) is 0 Å². The fourth-order valence-corrected chi connectivity index (χ4v) is 2.34. The SMILES string of the molecule is Oc1cc(Cl)c(Cl)cc1C1CCNCC1. The van der Waals surface area contributed by atoms with Crippen molar-refractivity contribution in [1.29, 1.82) is 0 Å². The largest absolute Gasteiger partial charge is 0.508 e. The molecule has 1 heterocycles. The Morgan fingerprint density at radius 3 is 2.40 bits per heavy atom. The number of hydrogen-bond donors (Lipinski definition) is 2. The van der Waals surface area contributed by atoms with Gasteiger partial charge in [0.25, 0.3) is 0 Å². The lowest BCUT2D eigenvalue weighted by Gasteiger charge is -2.23. The fraction of sp³-hybridized carbons (Fsp3) is 0.455. The van der Waals surface area contributed by atoms with Crippen LogP contribution in [0.1, 0.15) is 24.3 Å². The van der Waals surface area contributed by atoms with E-state index >= 15 is 0 Å². The van der Waals surface area contributed by atoms with Crippen LogP contribution in [0.2, 0.25) is 10.0 Å². The van der Waals surface area contributed by atoms with Gasteiger partial charge in [-0.05, 0) is 43.5 Å². The van der Waals surface area contributed by atoms with Crippen LogP contribution < -0.4 is 5.32 Å². The van der Waals surface area contributed by atoms with Crippen LogP contribution in [0.3, 0.4) is 0 Å². The second kappa shape index (κ2) is 4.60. The van der Waals surface area contributed by atoms with E-state index in [-0.39, 0.29) is 5.75 Å². The van der Waals surface area contributed by atoms with Crippen molar-refractivity contribution < 1.29 is 5.11 Å². The number of piperidine rings is 1. The van der Waals surface area contributed by atoms with Gasteiger partial charge < -0.3 is 10.4 Å². The van der Waals surface area contributed by atoms with Gasteiger partial charge in [0.2, 0.25) is 0 Å². The summed E-state index contributed by atoms with van der Waals surface area (Å²) in [4.78, 5) is 0. The number of phenols is 1. The normalized spacial score (nSPS) is 18.0. The van der Waals surface area contributed by atoms with E-state index in [9.17, 15) is 5.11 Å². The Hall–Kier alpha value is -0.440. The predicted molar refractivity (Wildman–Crippen MR) is 63.0 cm³/mol.